The first-order chi connectivity index (χ1) is 11.9. The van der Waals surface area contributed by atoms with E-state index in [9.17, 15) is 18.7 Å². The van der Waals surface area contributed by atoms with Crippen molar-refractivity contribution in [3.63, 3.8) is 0 Å². The van der Waals surface area contributed by atoms with Crippen molar-refractivity contribution >= 4 is 23.1 Å². The summed E-state index contributed by atoms with van der Waals surface area (Å²) in [5.74, 6) is -0.00325. The largest absolute Gasteiger partial charge is 0.435 e. The number of aliphatic hydroxyl groups excluding tert-OH is 1. The fourth-order valence-electron chi connectivity index (χ4n) is 1.97. The van der Waals surface area contributed by atoms with Crippen molar-refractivity contribution in [2.45, 2.75) is 25.8 Å². The van der Waals surface area contributed by atoms with Gasteiger partial charge in [0.05, 0.1) is 10.9 Å². The zero-order valence-corrected chi connectivity index (χ0v) is 13.9. The molecule has 1 aromatic heterocycles. The Morgan fingerprint density at radius 2 is 1.80 bits per heavy atom. The summed E-state index contributed by atoms with van der Waals surface area (Å²) >= 11 is 1.23. The number of carbonyl (C=O) groups is 1. The van der Waals surface area contributed by atoms with E-state index in [1.165, 1.54) is 35.6 Å². The van der Waals surface area contributed by atoms with Crippen molar-refractivity contribution in [3.05, 3.63) is 46.2 Å². The Balaban J connectivity index is 1.89. The van der Waals surface area contributed by atoms with E-state index in [2.05, 4.69) is 15.4 Å². The molecule has 0 aliphatic heterocycles. The molecule has 1 aromatic carbocycles. The van der Waals surface area contributed by atoms with Crippen molar-refractivity contribution < 1.29 is 28.6 Å². The number of halogens is 2. The second-order valence-corrected chi connectivity index (χ2v) is 6.14. The Morgan fingerprint density at radius 3 is 2.40 bits per heavy atom. The van der Waals surface area contributed by atoms with Gasteiger partial charge in [0.2, 0.25) is 0 Å². The van der Waals surface area contributed by atoms with E-state index in [1.807, 2.05) is 0 Å². The van der Waals surface area contributed by atoms with Crippen LogP contribution in [0.3, 0.4) is 0 Å². The molecule has 0 saturated heterocycles. The van der Waals surface area contributed by atoms with E-state index in [1.54, 1.807) is 24.5 Å². The second-order valence-electron chi connectivity index (χ2n) is 4.99. The number of thiophene rings is 1. The van der Waals surface area contributed by atoms with Gasteiger partial charge in [-0.25, -0.2) is 4.79 Å². The molecular formula is C15H17F2N3O4S. The Bertz CT molecular complexity index is 696. The number of alkyl halides is 2. The van der Waals surface area contributed by atoms with Crippen LogP contribution in [0, 0.1) is 0 Å². The van der Waals surface area contributed by atoms with Crippen molar-refractivity contribution in [2.75, 3.05) is 5.32 Å². The van der Waals surface area contributed by atoms with Crippen molar-refractivity contribution in [2.24, 2.45) is 0 Å². The molecule has 7 nitrogen and oxygen atoms in total. The summed E-state index contributed by atoms with van der Waals surface area (Å²) in [7, 11) is 0. The van der Waals surface area contributed by atoms with Crippen LogP contribution in [0.1, 0.15) is 28.9 Å². The number of urea groups is 1. The van der Waals surface area contributed by atoms with Gasteiger partial charge < -0.3 is 25.7 Å². The molecule has 2 amide bonds. The number of benzene rings is 1. The summed E-state index contributed by atoms with van der Waals surface area (Å²) in [6.45, 7) is -1.15. The molecule has 0 saturated carbocycles. The Morgan fingerprint density at radius 1 is 1.16 bits per heavy atom. The van der Waals surface area contributed by atoms with Gasteiger partial charge in [0.1, 0.15) is 5.75 Å². The predicted octanol–water partition coefficient (Wildman–Crippen LogP) is 3.20. The van der Waals surface area contributed by atoms with Gasteiger partial charge in [0.15, 0.2) is 6.23 Å². The van der Waals surface area contributed by atoms with Crippen LogP contribution in [0.5, 0.6) is 5.75 Å². The Hall–Kier alpha value is -2.27. The van der Waals surface area contributed by atoms with E-state index in [0.29, 0.717) is 10.6 Å². The smallest absolute Gasteiger partial charge is 0.387 e. The predicted molar refractivity (Wildman–Crippen MR) is 87.8 cm³/mol. The molecule has 25 heavy (non-hydrogen) atoms. The zero-order chi connectivity index (χ0) is 18.4. The highest BCUT2D eigenvalue weighted by Gasteiger charge is 2.15. The first kappa shape index (κ1) is 19.1. The Labute approximate surface area is 146 Å². The maximum atomic E-state index is 12.1. The SMILES string of the molecule is CC(NC(=O)Nc1ccc(OC(F)F)cc1)c1ccc(C(O)NO)s1. The van der Waals surface area contributed by atoms with Crippen LogP contribution >= 0.6 is 11.3 Å². The number of hydroxylamine groups is 1. The van der Waals surface area contributed by atoms with E-state index in [4.69, 9.17) is 5.21 Å². The van der Waals surface area contributed by atoms with Crippen molar-refractivity contribution in [3.8, 4) is 5.75 Å². The van der Waals surface area contributed by atoms with Crippen LogP contribution in [0.4, 0.5) is 19.3 Å². The van der Waals surface area contributed by atoms with Crippen LogP contribution in [0.15, 0.2) is 36.4 Å². The van der Waals surface area contributed by atoms with E-state index in [0.717, 1.165) is 4.88 Å². The number of anilines is 1. The van der Waals surface area contributed by atoms with E-state index < -0.39 is 18.9 Å². The number of carbonyl (C=O) groups excluding carboxylic acids is 1. The van der Waals surface area contributed by atoms with E-state index in [-0.39, 0.29) is 11.8 Å². The maximum Gasteiger partial charge on any atom is 0.387 e. The molecular weight excluding hydrogens is 356 g/mol. The number of hydrogen-bond donors (Lipinski definition) is 5. The number of nitrogens with one attached hydrogen (secondary N) is 3. The van der Waals surface area contributed by atoms with Crippen molar-refractivity contribution in [1.29, 1.82) is 0 Å². The first-order valence-electron chi connectivity index (χ1n) is 7.18. The van der Waals surface area contributed by atoms with Gasteiger partial charge in [-0.2, -0.15) is 14.3 Å². The Kier molecular flexibility index (Phi) is 6.65. The van der Waals surface area contributed by atoms with Gasteiger partial charge in [-0.1, -0.05) is 0 Å². The van der Waals surface area contributed by atoms with Crippen LogP contribution < -0.4 is 20.9 Å². The minimum atomic E-state index is -2.90. The van der Waals surface area contributed by atoms with Crippen molar-refractivity contribution in [1.82, 2.24) is 10.8 Å². The van der Waals surface area contributed by atoms with E-state index >= 15 is 0 Å². The van der Waals surface area contributed by atoms with Crippen LogP contribution in [-0.4, -0.2) is 23.0 Å². The van der Waals surface area contributed by atoms with Gasteiger partial charge in [0.25, 0.3) is 0 Å². The number of ether oxygens (including phenoxy) is 1. The fraction of sp³-hybridized carbons (Fsp3) is 0.267. The lowest BCUT2D eigenvalue weighted by molar-refractivity contribution is -0.0498. The number of aliphatic hydroxyl groups is 1. The quantitative estimate of drug-likeness (QED) is 0.379. The minimum Gasteiger partial charge on any atom is -0.435 e. The summed E-state index contributed by atoms with van der Waals surface area (Å²) in [4.78, 5) is 13.3. The van der Waals surface area contributed by atoms with Gasteiger partial charge >= 0.3 is 12.6 Å². The third-order valence-electron chi connectivity index (χ3n) is 3.15. The summed E-state index contributed by atoms with van der Waals surface area (Å²) < 4.78 is 28.4. The molecule has 2 atom stereocenters. The molecule has 10 heteroatoms. The highest BCUT2D eigenvalue weighted by molar-refractivity contribution is 7.12. The molecule has 0 radical (unpaired) electrons. The highest BCUT2D eigenvalue weighted by Crippen LogP contribution is 2.26. The monoisotopic (exact) mass is 373 g/mol. The van der Waals surface area contributed by atoms with Gasteiger partial charge in [-0.15, -0.1) is 11.3 Å². The molecule has 0 aliphatic carbocycles. The molecule has 2 rings (SSSR count). The molecule has 5 N–H and O–H groups in total. The maximum absolute atomic E-state index is 12.1. The molecule has 2 aromatic rings. The molecule has 0 fully saturated rings. The molecule has 0 spiro atoms. The number of rotatable bonds is 7. The summed E-state index contributed by atoms with van der Waals surface area (Å²) in [6, 6.07) is 8.05. The topological polar surface area (TPSA) is 103 Å². The molecule has 2 unspecified atom stereocenters. The summed E-state index contributed by atoms with van der Waals surface area (Å²) in [6.07, 6.45) is -1.19. The minimum absolute atomic E-state index is 0.00325. The molecule has 136 valence electrons. The number of amides is 2. The molecule has 0 bridgehead atoms. The van der Waals surface area contributed by atoms with Crippen LogP contribution in [0.25, 0.3) is 0 Å². The van der Waals surface area contributed by atoms with Gasteiger partial charge in [-0.3, -0.25) is 0 Å². The molecule has 1 heterocycles. The number of hydrogen-bond acceptors (Lipinski definition) is 6. The second kappa shape index (κ2) is 8.72. The average Bonchev–Trinajstić information content (AvgIpc) is 3.05. The lowest BCUT2D eigenvalue weighted by Gasteiger charge is -2.14. The van der Waals surface area contributed by atoms with Crippen LogP contribution in [-0.2, 0) is 0 Å². The normalized spacial score (nSPS) is 13.4. The fourth-order valence-corrected chi connectivity index (χ4v) is 2.91. The lowest BCUT2D eigenvalue weighted by Crippen LogP contribution is -2.30. The standard InChI is InChI=1S/C15H17F2N3O4S/c1-8(11-6-7-12(25-11)13(21)20-23)18-15(22)19-9-2-4-10(5-3-9)24-14(16)17/h2-8,13-14,20-21,23H,1H3,(H2,18,19,22). The third kappa shape index (κ3) is 5.64. The lowest BCUT2D eigenvalue weighted by atomic mass is 10.2. The highest BCUT2D eigenvalue weighted by atomic mass is 32.1. The van der Waals surface area contributed by atoms with Crippen LogP contribution in [0.2, 0.25) is 0 Å². The third-order valence-corrected chi connectivity index (χ3v) is 4.47. The average molecular weight is 373 g/mol. The molecule has 0 aliphatic rings. The zero-order valence-electron chi connectivity index (χ0n) is 13.1. The summed E-state index contributed by atoms with van der Waals surface area (Å²) in [5, 5.41) is 23.4. The van der Waals surface area contributed by atoms with Gasteiger partial charge in [0, 0.05) is 10.6 Å². The summed E-state index contributed by atoms with van der Waals surface area (Å²) in [5.41, 5.74) is 2.15. The first-order valence-corrected chi connectivity index (χ1v) is 8.00. The van der Waals surface area contributed by atoms with Gasteiger partial charge in [-0.05, 0) is 43.3 Å².